The van der Waals surface area contributed by atoms with E-state index in [2.05, 4.69) is 4.90 Å². The molecular weight excluding hydrogens is 356 g/mol. The number of rotatable bonds is 5. The summed E-state index contributed by atoms with van der Waals surface area (Å²) in [4.78, 5) is 30.2. The zero-order valence-electron chi connectivity index (χ0n) is 15.9. The van der Waals surface area contributed by atoms with E-state index in [1.54, 1.807) is 53.4 Å². The molecule has 1 N–H and O–H groups in total. The lowest BCUT2D eigenvalue weighted by Gasteiger charge is -2.25. The molecule has 6 heteroatoms. The molecule has 1 aliphatic heterocycles. The molecule has 4 rings (SSSR count). The number of para-hydroxylation sites is 1. The van der Waals surface area contributed by atoms with Gasteiger partial charge in [0, 0.05) is 6.54 Å². The zero-order valence-corrected chi connectivity index (χ0v) is 15.9. The number of phenols is 1. The molecule has 0 radical (unpaired) electrons. The van der Waals surface area contributed by atoms with Gasteiger partial charge in [0.15, 0.2) is 5.43 Å². The molecule has 1 aromatic heterocycles. The number of nitrogens with zero attached hydrogens (tertiary/aromatic N) is 2. The highest BCUT2D eigenvalue weighted by Crippen LogP contribution is 2.38. The molecule has 0 spiro atoms. The summed E-state index contributed by atoms with van der Waals surface area (Å²) >= 11 is 0. The predicted molar refractivity (Wildman–Crippen MR) is 107 cm³/mol. The first-order chi connectivity index (χ1) is 13.5. The molecule has 0 saturated carbocycles. The van der Waals surface area contributed by atoms with Gasteiger partial charge in [-0.3, -0.25) is 9.59 Å². The fourth-order valence-corrected chi connectivity index (χ4v) is 3.76. The number of benzene rings is 2. The Bertz CT molecular complexity index is 1090. The third-order valence-electron chi connectivity index (χ3n) is 5.09. The number of fused-ring (bicyclic) bond motifs is 2. The van der Waals surface area contributed by atoms with E-state index < -0.39 is 6.04 Å². The monoisotopic (exact) mass is 378 g/mol. The van der Waals surface area contributed by atoms with Crippen molar-refractivity contribution in [3.8, 4) is 5.75 Å². The highest BCUT2D eigenvalue weighted by molar-refractivity contribution is 5.99. The Morgan fingerprint density at radius 3 is 2.50 bits per heavy atom. The Morgan fingerprint density at radius 2 is 1.79 bits per heavy atom. The summed E-state index contributed by atoms with van der Waals surface area (Å²) in [6, 6.07) is 13.1. The van der Waals surface area contributed by atoms with Gasteiger partial charge in [-0.15, -0.1) is 0 Å². The van der Waals surface area contributed by atoms with E-state index >= 15 is 0 Å². The second-order valence-electron chi connectivity index (χ2n) is 7.32. The van der Waals surface area contributed by atoms with Crippen LogP contribution in [0.3, 0.4) is 0 Å². The molecule has 0 unspecified atom stereocenters. The maximum absolute atomic E-state index is 13.2. The molecule has 0 fully saturated rings. The van der Waals surface area contributed by atoms with E-state index in [1.165, 1.54) is 0 Å². The predicted octanol–water partition coefficient (Wildman–Crippen LogP) is 3.00. The quantitative estimate of drug-likeness (QED) is 0.739. The molecular formula is C22H22N2O4. The summed E-state index contributed by atoms with van der Waals surface area (Å²) in [5.74, 6) is -0.0145. The molecule has 6 nitrogen and oxygen atoms in total. The van der Waals surface area contributed by atoms with E-state index in [1.807, 2.05) is 14.1 Å². The van der Waals surface area contributed by atoms with E-state index in [-0.39, 0.29) is 22.8 Å². The molecule has 28 heavy (non-hydrogen) atoms. The third kappa shape index (κ3) is 3.05. The van der Waals surface area contributed by atoms with E-state index in [4.69, 9.17) is 4.42 Å². The topological polar surface area (TPSA) is 74.0 Å². The molecule has 0 aliphatic carbocycles. The Kier molecular flexibility index (Phi) is 4.65. The van der Waals surface area contributed by atoms with Crippen molar-refractivity contribution >= 4 is 16.9 Å². The van der Waals surface area contributed by atoms with Crippen molar-refractivity contribution in [2.45, 2.75) is 12.5 Å². The van der Waals surface area contributed by atoms with Gasteiger partial charge in [0.05, 0.1) is 17.0 Å². The highest BCUT2D eigenvalue weighted by atomic mass is 16.3. The molecule has 1 aliphatic rings. The van der Waals surface area contributed by atoms with Gasteiger partial charge in [-0.2, -0.15) is 0 Å². The summed E-state index contributed by atoms with van der Waals surface area (Å²) in [7, 11) is 3.96. The van der Waals surface area contributed by atoms with Crippen LogP contribution in [0.25, 0.3) is 11.0 Å². The first-order valence-corrected chi connectivity index (χ1v) is 9.27. The number of phenolic OH excluding ortho intramolecular Hbond substituents is 1. The number of aromatic hydroxyl groups is 1. The highest BCUT2D eigenvalue weighted by Gasteiger charge is 2.42. The van der Waals surface area contributed by atoms with Crippen LogP contribution in [-0.2, 0) is 0 Å². The average molecular weight is 378 g/mol. The maximum atomic E-state index is 13.2. The number of hydrogen-bond acceptors (Lipinski definition) is 5. The minimum absolute atomic E-state index is 0.117. The van der Waals surface area contributed by atoms with Gasteiger partial charge >= 0.3 is 0 Å². The lowest BCUT2D eigenvalue weighted by Crippen LogP contribution is -2.32. The summed E-state index contributed by atoms with van der Waals surface area (Å²) in [6.07, 6.45) is 0.773. The van der Waals surface area contributed by atoms with Crippen molar-refractivity contribution in [3.05, 3.63) is 75.6 Å². The largest absolute Gasteiger partial charge is 0.508 e. The van der Waals surface area contributed by atoms with Crippen LogP contribution < -0.4 is 5.43 Å². The number of hydrogen-bond donors (Lipinski definition) is 1. The normalized spacial score (nSPS) is 16.2. The molecule has 2 aromatic carbocycles. The fraction of sp³-hybridized carbons (Fsp3) is 0.273. The SMILES string of the molecule is CN(C)CCCN1C(=O)c2oc3ccccc3c(=O)c2[C@H]1c1ccc(O)cc1. The zero-order chi connectivity index (χ0) is 19.8. The summed E-state index contributed by atoms with van der Waals surface area (Å²) in [6.45, 7) is 1.33. The van der Waals surface area contributed by atoms with E-state index in [9.17, 15) is 14.7 Å². The lowest BCUT2D eigenvalue weighted by atomic mass is 9.98. The van der Waals surface area contributed by atoms with Gasteiger partial charge in [-0.25, -0.2) is 0 Å². The molecule has 0 saturated heterocycles. The van der Waals surface area contributed by atoms with Crippen LogP contribution in [0.1, 0.15) is 34.1 Å². The molecule has 3 aromatic rings. The van der Waals surface area contributed by atoms with E-state index in [0.29, 0.717) is 23.1 Å². The second kappa shape index (κ2) is 7.13. The Balaban J connectivity index is 1.86. The van der Waals surface area contributed by atoms with Crippen molar-refractivity contribution in [1.82, 2.24) is 9.80 Å². The van der Waals surface area contributed by atoms with Gasteiger partial charge < -0.3 is 19.3 Å². The lowest BCUT2D eigenvalue weighted by molar-refractivity contribution is 0.0722. The van der Waals surface area contributed by atoms with Gasteiger partial charge in [0.25, 0.3) is 5.91 Å². The van der Waals surface area contributed by atoms with Crippen molar-refractivity contribution in [2.24, 2.45) is 0 Å². The van der Waals surface area contributed by atoms with Crippen LogP contribution in [0.5, 0.6) is 5.75 Å². The summed E-state index contributed by atoms with van der Waals surface area (Å²) in [5.41, 5.74) is 1.38. The molecule has 1 amide bonds. The van der Waals surface area contributed by atoms with Crippen LogP contribution in [0, 0.1) is 0 Å². The molecule has 2 heterocycles. The third-order valence-corrected chi connectivity index (χ3v) is 5.09. The van der Waals surface area contributed by atoms with Crippen molar-refractivity contribution in [2.75, 3.05) is 27.2 Å². The minimum Gasteiger partial charge on any atom is -0.508 e. The van der Waals surface area contributed by atoms with Crippen LogP contribution in [0.2, 0.25) is 0 Å². The van der Waals surface area contributed by atoms with Crippen LogP contribution in [-0.4, -0.2) is 48.0 Å². The van der Waals surface area contributed by atoms with Crippen molar-refractivity contribution in [3.63, 3.8) is 0 Å². The molecule has 144 valence electrons. The van der Waals surface area contributed by atoms with Gasteiger partial charge in [-0.05, 0) is 56.9 Å². The van der Waals surface area contributed by atoms with Crippen molar-refractivity contribution in [1.29, 1.82) is 0 Å². The standard InChI is InChI=1S/C22H22N2O4/c1-23(2)12-5-13-24-19(14-8-10-15(25)11-9-14)18-20(26)16-6-3-4-7-17(16)28-21(18)22(24)27/h3-4,6-11,19,25H,5,12-13H2,1-2H3/t19-/m1/s1. The van der Waals surface area contributed by atoms with Crippen molar-refractivity contribution < 1.29 is 14.3 Å². The minimum atomic E-state index is -0.522. The molecule has 0 bridgehead atoms. The van der Waals surface area contributed by atoms with Gasteiger partial charge in [0.2, 0.25) is 5.76 Å². The van der Waals surface area contributed by atoms with E-state index in [0.717, 1.165) is 18.5 Å². The van der Waals surface area contributed by atoms with Gasteiger partial charge in [0.1, 0.15) is 11.3 Å². The second-order valence-corrected chi connectivity index (χ2v) is 7.32. The Labute approximate surface area is 162 Å². The Hall–Kier alpha value is -3.12. The average Bonchev–Trinajstić information content (AvgIpc) is 2.95. The number of carbonyl (C=O) groups is 1. The smallest absolute Gasteiger partial charge is 0.290 e. The number of carbonyl (C=O) groups excluding carboxylic acids is 1. The summed E-state index contributed by atoms with van der Waals surface area (Å²) < 4.78 is 5.88. The van der Waals surface area contributed by atoms with Crippen LogP contribution >= 0.6 is 0 Å². The number of amides is 1. The first-order valence-electron chi connectivity index (χ1n) is 9.27. The maximum Gasteiger partial charge on any atom is 0.290 e. The first kappa shape index (κ1) is 18.3. The summed E-state index contributed by atoms with van der Waals surface area (Å²) in [5, 5.41) is 10.1. The molecule has 1 atom stereocenters. The van der Waals surface area contributed by atoms with Crippen LogP contribution in [0.15, 0.2) is 57.7 Å². The van der Waals surface area contributed by atoms with Gasteiger partial charge in [-0.1, -0.05) is 24.3 Å². The fourth-order valence-electron chi connectivity index (χ4n) is 3.76. The van der Waals surface area contributed by atoms with Crippen LogP contribution in [0.4, 0.5) is 0 Å². The Morgan fingerprint density at radius 1 is 1.07 bits per heavy atom.